The first-order valence-electron chi connectivity index (χ1n) is 4.60. The number of fused-ring (bicyclic) bond motifs is 1. The van der Waals surface area contributed by atoms with Crippen LogP contribution in [0.25, 0.3) is 11.1 Å². The number of aryl methyl sites for hydroxylation is 1. The van der Waals surface area contributed by atoms with E-state index in [0.29, 0.717) is 17.6 Å². The van der Waals surface area contributed by atoms with Crippen LogP contribution < -0.4 is 11.1 Å². The van der Waals surface area contributed by atoms with Crippen LogP contribution in [0.15, 0.2) is 27.4 Å². The molecular formula is C10H9BrN2O3. The van der Waals surface area contributed by atoms with Crippen molar-refractivity contribution >= 4 is 31.8 Å². The second-order valence-corrected chi connectivity index (χ2v) is 4.08. The maximum atomic E-state index is 11.2. The van der Waals surface area contributed by atoms with Gasteiger partial charge in [-0.3, -0.25) is 9.36 Å². The molecule has 1 N–H and O–H groups in total. The van der Waals surface area contributed by atoms with Gasteiger partial charge in [0.25, 0.3) is 4.82 Å². The molecular weight excluding hydrogens is 276 g/mol. The Morgan fingerprint density at radius 2 is 2.31 bits per heavy atom. The summed E-state index contributed by atoms with van der Waals surface area (Å²) in [7, 11) is 1.64. The van der Waals surface area contributed by atoms with Crippen LogP contribution in [0, 0.1) is 0 Å². The average molecular weight is 285 g/mol. The average Bonchev–Trinajstić information content (AvgIpc) is 2.52. The van der Waals surface area contributed by atoms with Gasteiger partial charge in [-0.1, -0.05) is 6.07 Å². The zero-order valence-corrected chi connectivity index (χ0v) is 10.1. The van der Waals surface area contributed by atoms with Crippen molar-refractivity contribution in [2.24, 2.45) is 7.05 Å². The van der Waals surface area contributed by atoms with Gasteiger partial charge in [-0.25, -0.2) is 4.79 Å². The molecule has 0 aliphatic carbocycles. The Labute approximate surface area is 99.2 Å². The van der Waals surface area contributed by atoms with Crippen LogP contribution in [0.4, 0.5) is 4.79 Å². The maximum absolute atomic E-state index is 11.2. The number of carbonyl (C=O) groups excluding carboxylic acids is 1. The fourth-order valence-corrected chi connectivity index (χ4v) is 1.59. The Morgan fingerprint density at radius 1 is 1.56 bits per heavy atom. The van der Waals surface area contributed by atoms with E-state index in [0.717, 1.165) is 5.56 Å². The number of hydrogen-bond acceptors (Lipinski definition) is 3. The summed E-state index contributed by atoms with van der Waals surface area (Å²) < 4.78 is 6.42. The number of oxazole rings is 1. The highest BCUT2D eigenvalue weighted by atomic mass is 79.9. The molecule has 0 saturated carbocycles. The molecule has 1 amide bonds. The van der Waals surface area contributed by atoms with Gasteiger partial charge in [0.1, 0.15) is 0 Å². The van der Waals surface area contributed by atoms with Gasteiger partial charge in [0.15, 0.2) is 5.58 Å². The molecule has 5 nitrogen and oxygen atoms in total. The van der Waals surface area contributed by atoms with E-state index in [9.17, 15) is 9.59 Å². The van der Waals surface area contributed by atoms with Gasteiger partial charge in [-0.2, -0.15) is 0 Å². The van der Waals surface area contributed by atoms with Crippen LogP contribution in [-0.2, 0) is 13.6 Å². The molecule has 1 aromatic carbocycles. The molecule has 0 unspecified atom stereocenters. The molecule has 1 heterocycles. The van der Waals surface area contributed by atoms with Crippen LogP contribution in [-0.4, -0.2) is 9.38 Å². The van der Waals surface area contributed by atoms with Crippen LogP contribution in [0.5, 0.6) is 0 Å². The van der Waals surface area contributed by atoms with Gasteiger partial charge in [-0.05, 0) is 17.7 Å². The van der Waals surface area contributed by atoms with E-state index < -0.39 is 5.76 Å². The first-order chi connectivity index (χ1) is 7.58. The number of nitrogens with one attached hydrogen (secondary N) is 1. The molecule has 0 bridgehead atoms. The molecule has 0 aliphatic rings. The molecule has 2 aromatic rings. The summed E-state index contributed by atoms with van der Waals surface area (Å²) in [6.45, 7) is 0.402. The van der Waals surface area contributed by atoms with Crippen LogP contribution in [0.2, 0.25) is 0 Å². The number of nitrogens with zero attached hydrogens (tertiary/aromatic N) is 1. The summed E-state index contributed by atoms with van der Waals surface area (Å²) in [4.78, 5) is 21.6. The van der Waals surface area contributed by atoms with Crippen molar-refractivity contribution in [3.05, 3.63) is 34.3 Å². The molecule has 1 aromatic heterocycles. The molecule has 16 heavy (non-hydrogen) atoms. The standard InChI is InChI=1S/C10H9BrN2O3/c1-13-7-4-6(5-12-9(11)14)2-3-8(7)16-10(13)15/h2-4H,5H2,1H3,(H,12,14). The van der Waals surface area contributed by atoms with Crippen molar-refractivity contribution in [2.45, 2.75) is 6.54 Å². The first-order valence-corrected chi connectivity index (χ1v) is 5.39. The number of halogens is 1. The summed E-state index contributed by atoms with van der Waals surface area (Å²) in [6, 6.07) is 5.32. The number of amides is 1. The Bertz CT molecular complexity index is 600. The topological polar surface area (TPSA) is 64.2 Å². The molecule has 2 rings (SSSR count). The smallest absolute Gasteiger partial charge is 0.408 e. The third kappa shape index (κ3) is 2.01. The van der Waals surface area contributed by atoms with E-state index >= 15 is 0 Å². The van der Waals surface area contributed by atoms with Gasteiger partial charge in [0.05, 0.1) is 5.52 Å². The van der Waals surface area contributed by atoms with E-state index in [1.807, 2.05) is 6.07 Å². The lowest BCUT2D eigenvalue weighted by Gasteiger charge is -2.01. The Balaban J connectivity index is 2.39. The van der Waals surface area contributed by atoms with Gasteiger partial charge in [0.2, 0.25) is 0 Å². The van der Waals surface area contributed by atoms with Crippen molar-refractivity contribution in [3.63, 3.8) is 0 Å². The largest absolute Gasteiger partial charge is 0.419 e. The quantitative estimate of drug-likeness (QED) is 0.675. The van der Waals surface area contributed by atoms with E-state index in [-0.39, 0.29) is 4.82 Å². The summed E-state index contributed by atoms with van der Waals surface area (Å²) >= 11 is 2.78. The summed E-state index contributed by atoms with van der Waals surface area (Å²) in [5.41, 5.74) is 2.16. The van der Waals surface area contributed by atoms with Crippen LogP contribution >= 0.6 is 15.9 Å². The predicted octanol–water partition coefficient (Wildman–Crippen LogP) is 1.74. The molecule has 0 spiro atoms. The first kappa shape index (κ1) is 10.9. The molecule has 0 radical (unpaired) electrons. The Morgan fingerprint density at radius 3 is 3.00 bits per heavy atom. The van der Waals surface area contributed by atoms with Crippen molar-refractivity contribution in [3.8, 4) is 0 Å². The van der Waals surface area contributed by atoms with Crippen molar-refractivity contribution in [1.29, 1.82) is 0 Å². The lowest BCUT2D eigenvalue weighted by Crippen LogP contribution is -2.15. The third-order valence-electron chi connectivity index (χ3n) is 2.29. The molecule has 0 saturated heterocycles. The number of carbonyl (C=O) groups is 1. The van der Waals surface area contributed by atoms with E-state index in [4.69, 9.17) is 4.42 Å². The lowest BCUT2D eigenvalue weighted by atomic mass is 10.2. The monoisotopic (exact) mass is 284 g/mol. The summed E-state index contributed by atoms with van der Waals surface area (Å²) in [5, 5.41) is 2.61. The second-order valence-electron chi connectivity index (χ2n) is 3.36. The van der Waals surface area contributed by atoms with Crippen molar-refractivity contribution < 1.29 is 9.21 Å². The molecule has 6 heteroatoms. The molecule has 0 aliphatic heterocycles. The van der Waals surface area contributed by atoms with E-state index in [1.165, 1.54) is 4.57 Å². The zero-order chi connectivity index (χ0) is 11.7. The number of benzene rings is 1. The number of hydrogen-bond donors (Lipinski definition) is 1. The Hall–Kier alpha value is -1.56. The fourth-order valence-electron chi connectivity index (χ4n) is 1.45. The minimum Gasteiger partial charge on any atom is -0.408 e. The minimum atomic E-state index is -0.392. The van der Waals surface area contributed by atoms with Gasteiger partial charge in [-0.15, -0.1) is 0 Å². The molecule has 0 fully saturated rings. The normalized spacial score (nSPS) is 10.6. The molecule has 0 atom stereocenters. The zero-order valence-electron chi connectivity index (χ0n) is 8.49. The van der Waals surface area contributed by atoms with Crippen LogP contribution in [0.3, 0.4) is 0 Å². The van der Waals surface area contributed by atoms with E-state index in [2.05, 4.69) is 21.2 Å². The number of rotatable bonds is 2. The van der Waals surface area contributed by atoms with Gasteiger partial charge < -0.3 is 9.73 Å². The van der Waals surface area contributed by atoms with Gasteiger partial charge in [0, 0.05) is 29.5 Å². The lowest BCUT2D eigenvalue weighted by molar-refractivity contribution is 0.261. The maximum Gasteiger partial charge on any atom is 0.419 e. The number of aromatic nitrogens is 1. The fraction of sp³-hybridized carbons (Fsp3) is 0.200. The second kappa shape index (κ2) is 4.13. The highest BCUT2D eigenvalue weighted by Crippen LogP contribution is 2.14. The summed E-state index contributed by atoms with van der Waals surface area (Å²) in [6.07, 6.45) is 0. The minimum absolute atomic E-state index is 0.270. The highest BCUT2D eigenvalue weighted by Gasteiger charge is 2.06. The van der Waals surface area contributed by atoms with Gasteiger partial charge >= 0.3 is 5.76 Å². The summed E-state index contributed by atoms with van der Waals surface area (Å²) in [5.74, 6) is -0.392. The highest BCUT2D eigenvalue weighted by molar-refractivity contribution is 9.18. The van der Waals surface area contributed by atoms with Crippen molar-refractivity contribution in [1.82, 2.24) is 9.88 Å². The SMILES string of the molecule is Cn1c(=O)oc2ccc(CNC(=O)Br)cc21. The third-order valence-corrected chi connectivity index (χ3v) is 2.57. The molecule has 84 valence electrons. The van der Waals surface area contributed by atoms with E-state index in [1.54, 1.807) is 19.2 Å². The predicted molar refractivity (Wildman–Crippen MR) is 62.6 cm³/mol. The Kier molecular flexibility index (Phi) is 2.82. The van der Waals surface area contributed by atoms with Crippen molar-refractivity contribution in [2.75, 3.05) is 0 Å². The van der Waals surface area contributed by atoms with Crippen LogP contribution in [0.1, 0.15) is 5.56 Å².